The van der Waals surface area contributed by atoms with Gasteiger partial charge in [0.2, 0.25) is 10.0 Å². The summed E-state index contributed by atoms with van der Waals surface area (Å²) in [7, 11) is -4.00. The molecule has 1 aromatic heterocycles. The average molecular weight is 506 g/mol. The van der Waals surface area contributed by atoms with Gasteiger partial charge >= 0.3 is 0 Å². The van der Waals surface area contributed by atoms with E-state index in [1.807, 2.05) is 48.5 Å². The van der Waals surface area contributed by atoms with Gasteiger partial charge in [0.1, 0.15) is 35.4 Å². The van der Waals surface area contributed by atoms with Crippen LogP contribution in [0.3, 0.4) is 0 Å². The molecule has 0 aliphatic rings. The van der Waals surface area contributed by atoms with Crippen molar-refractivity contribution in [2.45, 2.75) is 17.5 Å². The number of aliphatic hydroxyl groups is 1. The first kappa shape index (κ1) is 24.0. The number of benzene rings is 4. The molecule has 0 aliphatic carbocycles. The molecule has 36 heavy (non-hydrogen) atoms. The number of para-hydroxylation sites is 1. The van der Waals surface area contributed by atoms with Crippen LogP contribution in [0.2, 0.25) is 0 Å². The van der Waals surface area contributed by atoms with Crippen molar-refractivity contribution >= 4 is 32.0 Å². The number of halogens is 1. The second-order valence-corrected chi connectivity index (χ2v) is 10.4. The summed E-state index contributed by atoms with van der Waals surface area (Å²) in [6, 6.07) is 26.8. The Morgan fingerprint density at radius 1 is 0.861 bits per heavy atom. The molecule has 0 aliphatic heterocycles. The molecule has 1 atom stereocenters. The highest BCUT2D eigenvalue weighted by molar-refractivity contribution is 7.89. The van der Waals surface area contributed by atoms with Crippen LogP contribution in [0.1, 0.15) is 5.56 Å². The van der Waals surface area contributed by atoms with E-state index in [0.717, 1.165) is 39.6 Å². The van der Waals surface area contributed by atoms with E-state index >= 15 is 0 Å². The van der Waals surface area contributed by atoms with Crippen molar-refractivity contribution in [1.82, 2.24) is 4.31 Å². The molecule has 4 aromatic carbocycles. The Labute approximate surface area is 208 Å². The van der Waals surface area contributed by atoms with Crippen LogP contribution in [0.25, 0.3) is 21.9 Å². The van der Waals surface area contributed by atoms with E-state index in [1.165, 1.54) is 16.4 Å². The molecule has 1 unspecified atom stereocenters. The van der Waals surface area contributed by atoms with E-state index in [9.17, 15) is 17.9 Å². The van der Waals surface area contributed by atoms with Gasteiger partial charge in [-0.05, 0) is 54.1 Å². The fraction of sp³-hybridized carbons (Fsp3) is 0.143. The molecule has 0 spiro atoms. The normalized spacial score (nSPS) is 12.9. The zero-order chi connectivity index (χ0) is 25.1. The SMILES string of the molecule is O=S(=O)(c1ccc(F)cc1)N(Cc1ccccc1)CC(O)COc1ccc2oc3ccccc3c2c1. The van der Waals surface area contributed by atoms with Crippen LogP contribution in [-0.4, -0.2) is 37.1 Å². The second kappa shape index (κ2) is 10.1. The Morgan fingerprint density at radius 3 is 2.33 bits per heavy atom. The molecule has 5 rings (SSSR count). The van der Waals surface area contributed by atoms with Crippen LogP contribution in [0.5, 0.6) is 5.75 Å². The lowest BCUT2D eigenvalue weighted by Crippen LogP contribution is -2.39. The number of nitrogens with zero attached hydrogens (tertiary/aromatic N) is 1. The molecule has 6 nitrogen and oxygen atoms in total. The van der Waals surface area contributed by atoms with Crippen LogP contribution in [0.4, 0.5) is 4.39 Å². The first-order valence-electron chi connectivity index (χ1n) is 11.4. The summed E-state index contributed by atoms with van der Waals surface area (Å²) in [6.45, 7) is -0.276. The molecule has 184 valence electrons. The first-order chi connectivity index (χ1) is 17.4. The molecule has 5 aromatic rings. The molecule has 0 amide bonds. The van der Waals surface area contributed by atoms with Crippen LogP contribution < -0.4 is 4.74 Å². The van der Waals surface area contributed by atoms with E-state index in [2.05, 4.69) is 0 Å². The summed E-state index contributed by atoms with van der Waals surface area (Å²) in [5, 5.41) is 12.6. The van der Waals surface area contributed by atoms with E-state index in [-0.39, 0.29) is 24.6 Å². The fourth-order valence-electron chi connectivity index (χ4n) is 4.07. The number of aliphatic hydroxyl groups excluding tert-OH is 1. The number of furan rings is 1. The topological polar surface area (TPSA) is 80.0 Å². The van der Waals surface area contributed by atoms with Crippen LogP contribution in [-0.2, 0) is 16.6 Å². The molecular formula is C28H24FNO5S. The zero-order valence-electron chi connectivity index (χ0n) is 19.2. The third-order valence-corrected chi connectivity index (χ3v) is 7.68. The Bertz CT molecular complexity index is 1580. The minimum absolute atomic E-state index is 0.0462. The molecule has 0 saturated carbocycles. The maximum Gasteiger partial charge on any atom is 0.243 e. The van der Waals surface area contributed by atoms with Crippen molar-refractivity contribution in [2.24, 2.45) is 0 Å². The molecule has 8 heteroatoms. The molecular weight excluding hydrogens is 481 g/mol. The van der Waals surface area contributed by atoms with Gasteiger partial charge < -0.3 is 14.3 Å². The molecule has 1 heterocycles. The number of hydrogen-bond acceptors (Lipinski definition) is 5. The van der Waals surface area contributed by atoms with Gasteiger partial charge in [0.25, 0.3) is 0 Å². The van der Waals surface area contributed by atoms with E-state index in [1.54, 1.807) is 24.3 Å². The lowest BCUT2D eigenvalue weighted by Gasteiger charge is -2.25. The first-order valence-corrected chi connectivity index (χ1v) is 12.9. The third-order valence-electron chi connectivity index (χ3n) is 5.86. The second-order valence-electron chi connectivity index (χ2n) is 8.46. The number of sulfonamides is 1. The third kappa shape index (κ3) is 5.11. The number of ether oxygens (including phenoxy) is 1. The summed E-state index contributed by atoms with van der Waals surface area (Å²) < 4.78 is 52.9. The van der Waals surface area contributed by atoms with Crippen LogP contribution >= 0.6 is 0 Å². The molecule has 0 bridgehead atoms. The molecule has 0 radical (unpaired) electrons. The van der Waals surface area contributed by atoms with Gasteiger partial charge in [0.05, 0.1) is 4.90 Å². The Balaban J connectivity index is 1.34. The van der Waals surface area contributed by atoms with Crippen molar-refractivity contribution in [2.75, 3.05) is 13.2 Å². The van der Waals surface area contributed by atoms with Gasteiger partial charge in [-0.2, -0.15) is 4.31 Å². The van der Waals surface area contributed by atoms with Crippen molar-refractivity contribution in [1.29, 1.82) is 0 Å². The predicted molar refractivity (Wildman–Crippen MR) is 136 cm³/mol. The van der Waals surface area contributed by atoms with Crippen molar-refractivity contribution in [3.8, 4) is 5.75 Å². The monoisotopic (exact) mass is 505 g/mol. The van der Waals surface area contributed by atoms with Gasteiger partial charge in [0, 0.05) is 23.9 Å². The van der Waals surface area contributed by atoms with Gasteiger partial charge in [-0.25, -0.2) is 12.8 Å². The molecule has 0 fully saturated rings. The Hall–Kier alpha value is -3.72. The fourth-order valence-corrected chi connectivity index (χ4v) is 5.53. The lowest BCUT2D eigenvalue weighted by molar-refractivity contribution is 0.0881. The number of rotatable bonds is 9. The van der Waals surface area contributed by atoms with Gasteiger partial charge in [-0.3, -0.25) is 0 Å². The highest BCUT2D eigenvalue weighted by Gasteiger charge is 2.27. The number of fused-ring (bicyclic) bond motifs is 3. The summed E-state index contributed by atoms with van der Waals surface area (Å²) in [5.74, 6) is 0.00321. The predicted octanol–water partition coefficient (Wildman–Crippen LogP) is 5.36. The van der Waals surface area contributed by atoms with Crippen molar-refractivity contribution < 1.29 is 27.1 Å². The Morgan fingerprint density at radius 2 is 1.56 bits per heavy atom. The molecule has 1 N–H and O–H groups in total. The van der Waals surface area contributed by atoms with Gasteiger partial charge in [0.15, 0.2) is 0 Å². The quantitative estimate of drug-likeness (QED) is 0.292. The van der Waals surface area contributed by atoms with Gasteiger partial charge in [-0.1, -0.05) is 48.5 Å². The van der Waals surface area contributed by atoms with Crippen molar-refractivity contribution in [3.05, 3.63) is 108 Å². The summed E-state index contributed by atoms with van der Waals surface area (Å²) in [4.78, 5) is -0.0507. The summed E-state index contributed by atoms with van der Waals surface area (Å²) in [6.07, 6.45) is -1.11. The van der Waals surface area contributed by atoms with Crippen LogP contribution in [0.15, 0.2) is 106 Å². The minimum Gasteiger partial charge on any atom is -0.491 e. The summed E-state index contributed by atoms with van der Waals surface area (Å²) in [5.41, 5.74) is 2.25. The standard InChI is InChI=1S/C28H24FNO5S/c29-21-10-13-24(14-11-21)36(32,33)30(17-20-6-2-1-3-7-20)18-22(31)19-34-23-12-15-28-26(16-23)25-8-4-5-9-27(25)35-28/h1-16,22,31H,17-19H2. The van der Waals surface area contributed by atoms with E-state index in [4.69, 9.17) is 9.15 Å². The lowest BCUT2D eigenvalue weighted by atomic mass is 10.1. The van der Waals surface area contributed by atoms with E-state index < -0.39 is 21.9 Å². The Kier molecular flexibility index (Phi) is 6.73. The van der Waals surface area contributed by atoms with Crippen LogP contribution in [0, 0.1) is 5.82 Å². The maximum absolute atomic E-state index is 13.4. The van der Waals surface area contributed by atoms with Crippen molar-refractivity contribution in [3.63, 3.8) is 0 Å². The largest absolute Gasteiger partial charge is 0.491 e. The average Bonchev–Trinajstić information content (AvgIpc) is 3.26. The highest BCUT2D eigenvalue weighted by Crippen LogP contribution is 2.31. The van der Waals surface area contributed by atoms with Gasteiger partial charge in [-0.15, -0.1) is 0 Å². The molecule has 0 saturated heterocycles. The smallest absolute Gasteiger partial charge is 0.243 e. The summed E-state index contributed by atoms with van der Waals surface area (Å²) >= 11 is 0. The maximum atomic E-state index is 13.4. The van der Waals surface area contributed by atoms with E-state index in [0.29, 0.717) is 5.75 Å². The number of hydrogen-bond donors (Lipinski definition) is 1. The highest BCUT2D eigenvalue weighted by atomic mass is 32.2. The zero-order valence-corrected chi connectivity index (χ0v) is 20.1. The minimum atomic E-state index is -4.00.